The van der Waals surface area contributed by atoms with Gasteiger partial charge in [0.15, 0.2) is 0 Å². The molecule has 0 radical (unpaired) electrons. The first-order valence-corrected chi connectivity index (χ1v) is 7.83. The average molecular weight is 322 g/mol. The van der Waals surface area contributed by atoms with Gasteiger partial charge in [0.25, 0.3) is 0 Å². The van der Waals surface area contributed by atoms with E-state index in [0.717, 1.165) is 16.7 Å². The van der Waals surface area contributed by atoms with Crippen LogP contribution in [0.15, 0.2) is 42.5 Å². The first kappa shape index (κ1) is 13.9. The van der Waals surface area contributed by atoms with Gasteiger partial charge in [-0.3, -0.25) is 0 Å². The molecule has 2 aromatic carbocycles. The highest BCUT2D eigenvalue weighted by molar-refractivity contribution is 7.20. The van der Waals surface area contributed by atoms with Crippen LogP contribution in [0.3, 0.4) is 0 Å². The van der Waals surface area contributed by atoms with Crippen molar-refractivity contribution in [1.29, 1.82) is 0 Å². The van der Waals surface area contributed by atoms with Gasteiger partial charge in [-0.1, -0.05) is 59.6 Å². The van der Waals surface area contributed by atoms with E-state index in [0.29, 0.717) is 8.67 Å². The van der Waals surface area contributed by atoms with Gasteiger partial charge in [-0.25, -0.2) is 0 Å². The molecule has 3 aromatic rings. The maximum absolute atomic E-state index is 6.46. The summed E-state index contributed by atoms with van der Waals surface area (Å²) in [6.07, 6.45) is 0. The van der Waals surface area contributed by atoms with Crippen LogP contribution in [0.4, 0.5) is 0 Å². The lowest BCUT2D eigenvalue weighted by atomic mass is 9.92. The number of fused-ring (bicyclic) bond motifs is 1. The molecule has 0 aliphatic carbocycles. The summed E-state index contributed by atoms with van der Waals surface area (Å²) in [5.74, 6) is 0. The Bertz CT molecular complexity index is 779. The number of aryl methyl sites for hydroxylation is 1. The van der Waals surface area contributed by atoms with Gasteiger partial charge in [-0.05, 0) is 34.9 Å². The summed E-state index contributed by atoms with van der Waals surface area (Å²) in [5, 5.41) is 2.35. The van der Waals surface area contributed by atoms with E-state index in [9.17, 15) is 0 Å². The van der Waals surface area contributed by atoms with Crippen molar-refractivity contribution in [2.75, 3.05) is 0 Å². The van der Waals surface area contributed by atoms with Gasteiger partial charge in [-0.2, -0.15) is 0 Å². The van der Waals surface area contributed by atoms with E-state index in [1.54, 1.807) is 0 Å². The minimum absolute atomic E-state index is 0.266. The molecule has 0 bridgehead atoms. The molecular weight excluding hydrogens is 309 g/mol. The van der Waals surface area contributed by atoms with Crippen molar-refractivity contribution in [3.05, 3.63) is 67.8 Å². The quantitative estimate of drug-likeness (QED) is 0.656. The third-order valence-electron chi connectivity index (χ3n) is 3.52. The molecule has 1 atom stereocenters. The topological polar surface area (TPSA) is 26.0 Å². The maximum Gasteiger partial charge on any atom is 0.0995 e. The van der Waals surface area contributed by atoms with Crippen LogP contribution in [-0.4, -0.2) is 0 Å². The summed E-state index contributed by atoms with van der Waals surface area (Å²) in [4.78, 5) is 0. The molecular formula is C16H13Cl2NS. The number of hydrogen-bond donors (Lipinski definition) is 1. The lowest BCUT2D eigenvalue weighted by molar-refractivity contribution is 0.877. The molecule has 0 amide bonds. The van der Waals surface area contributed by atoms with E-state index < -0.39 is 0 Å². The van der Waals surface area contributed by atoms with E-state index in [4.69, 9.17) is 28.9 Å². The van der Waals surface area contributed by atoms with Crippen molar-refractivity contribution in [3.63, 3.8) is 0 Å². The molecule has 3 rings (SSSR count). The SMILES string of the molecule is Cc1ccc2ccccc2c1C(N)c1cc(Cl)sc1Cl. The molecule has 0 aliphatic rings. The number of benzene rings is 2. The van der Waals surface area contributed by atoms with Crippen molar-refractivity contribution in [2.45, 2.75) is 13.0 Å². The Morgan fingerprint density at radius 2 is 1.85 bits per heavy atom. The largest absolute Gasteiger partial charge is 0.320 e. The zero-order chi connectivity index (χ0) is 14.3. The van der Waals surface area contributed by atoms with Crippen LogP contribution in [-0.2, 0) is 0 Å². The Kier molecular flexibility index (Phi) is 3.74. The zero-order valence-electron chi connectivity index (χ0n) is 10.9. The van der Waals surface area contributed by atoms with E-state index in [-0.39, 0.29) is 6.04 Å². The number of thiophene rings is 1. The predicted molar refractivity (Wildman–Crippen MR) is 89.1 cm³/mol. The van der Waals surface area contributed by atoms with Gasteiger partial charge >= 0.3 is 0 Å². The normalized spacial score (nSPS) is 12.8. The van der Waals surface area contributed by atoms with E-state index in [1.807, 2.05) is 18.2 Å². The van der Waals surface area contributed by atoms with Crippen molar-refractivity contribution in [1.82, 2.24) is 0 Å². The minimum Gasteiger partial charge on any atom is -0.320 e. The molecule has 0 aliphatic heterocycles. The third-order valence-corrected chi connectivity index (χ3v) is 5.04. The smallest absolute Gasteiger partial charge is 0.0995 e. The molecule has 1 nitrogen and oxygen atoms in total. The van der Waals surface area contributed by atoms with Crippen LogP contribution in [0.2, 0.25) is 8.67 Å². The maximum atomic E-state index is 6.46. The molecule has 0 saturated carbocycles. The fourth-order valence-electron chi connectivity index (χ4n) is 2.54. The number of halogens is 2. The highest BCUT2D eigenvalue weighted by Gasteiger charge is 2.19. The standard InChI is InChI=1S/C16H13Cl2NS/c1-9-6-7-10-4-2-3-5-11(10)14(9)15(19)12-8-13(17)20-16(12)18/h2-8,15H,19H2,1H3. The highest BCUT2D eigenvalue weighted by atomic mass is 35.5. The molecule has 2 N–H and O–H groups in total. The van der Waals surface area contributed by atoms with Gasteiger partial charge in [0, 0.05) is 5.56 Å². The van der Waals surface area contributed by atoms with Crippen molar-refractivity contribution >= 4 is 45.3 Å². The van der Waals surface area contributed by atoms with Crippen molar-refractivity contribution in [3.8, 4) is 0 Å². The van der Waals surface area contributed by atoms with E-state index >= 15 is 0 Å². The second kappa shape index (κ2) is 5.38. The molecule has 0 spiro atoms. The van der Waals surface area contributed by atoms with Crippen LogP contribution in [0.5, 0.6) is 0 Å². The lowest BCUT2D eigenvalue weighted by Crippen LogP contribution is -2.13. The Hall–Kier alpha value is -1.06. The Morgan fingerprint density at radius 1 is 1.10 bits per heavy atom. The summed E-state index contributed by atoms with van der Waals surface area (Å²) in [6, 6.07) is 14.1. The Labute approximate surface area is 131 Å². The highest BCUT2D eigenvalue weighted by Crippen LogP contribution is 2.39. The molecule has 0 fully saturated rings. The molecule has 1 unspecified atom stereocenters. The van der Waals surface area contributed by atoms with E-state index in [2.05, 4.69) is 31.2 Å². The van der Waals surface area contributed by atoms with Gasteiger partial charge in [0.1, 0.15) is 0 Å². The number of hydrogen-bond acceptors (Lipinski definition) is 2. The van der Waals surface area contributed by atoms with Crippen LogP contribution in [0.25, 0.3) is 10.8 Å². The summed E-state index contributed by atoms with van der Waals surface area (Å²) in [5.41, 5.74) is 9.62. The van der Waals surface area contributed by atoms with Crippen molar-refractivity contribution < 1.29 is 0 Å². The van der Waals surface area contributed by atoms with Crippen molar-refractivity contribution in [2.24, 2.45) is 5.73 Å². The fourth-order valence-corrected chi connectivity index (χ4v) is 4.09. The fraction of sp³-hybridized carbons (Fsp3) is 0.125. The lowest BCUT2D eigenvalue weighted by Gasteiger charge is -2.17. The second-order valence-corrected chi connectivity index (χ2v) is 7.06. The Balaban J connectivity index is 2.23. The number of nitrogens with two attached hydrogens (primary N) is 1. The molecule has 4 heteroatoms. The third kappa shape index (κ3) is 2.33. The summed E-state index contributed by atoms with van der Waals surface area (Å²) in [7, 11) is 0. The van der Waals surface area contributed by atoms with Crippen LogP contribution >= 0.6 is 34.5 Å². The summed E-state index contributed by atoms with van der Waals surface area (Å²) >= 11 is 13.6. The first-order valence-electron chi connectivity index (χ1n) is 6.26. The van der Waals surface area contributed by atoms with Gasteiger partial charge in [0.2, 0.25) is 0 Å². The molecule has 1 heterocycles. The van der Waals surface area contributed by atoms with Crippen LogP contribution in [0.1, 0.15) is 22.7 Å². The second-order valence-electron chi connectivity index (χ2n) is 4.77. The monoisotopic (exact) mass is 321 g/mol. The van der Waals surface area contributed by atoms with E-state index in [1.165, 1.54) is 22.1 Å². The van der Waals surface area contributed by atoms with Gasteiger partial charge in [0.05, 0.1) is 14.7 Å². The Morgan fingerprint density at radius 3 is 2.55 bits per heavy atom. The molecule has 102 valence electrons. The minimum atomic E-state index is -0.266. The van der Waals surface area contributed by atoms with Crippen LogP contribution in [0, 0.1) is 6.92 Å². The van der Waals surface area contributed by atoms with Gasteiger partial charge in [-0.15, -0.1) is 11.3 Å². The molecule has 20 heavy (non-hydrogen) atoms. The zero-order valence-corrected chi connectivity index (χ0v) is 13.2. The van der Waals surface area contributed by atoms with Gasteiger partial charge < -0.3 is 5.73 Å². The predicted octanol–water partition coefficient (Wildman–Crippen LogP) is 5.56. The molecule has 1 aromatic heterocycles. The summed E-state index contributed by atoms with van der Waals surface area (Å²) < 4.78 is 1.33. The molecule has 0 saturated heterocycles. The first-order chi connectivity index (χ1) is 9.58. The average Bonchev–Trinajstić information content (AvgIpc) is 2.77. The number of rotatable bonds is 2. The van der Waals surface area contributed by atoms with Crippen LogP contribution < -0.4 is 5.73 Å². The summed E-state index contributed by atoms with van der Waals surface area (Å²) in [6.45, 7) is 2.07.